The van der Waals surface area contributed by atoms with Crippen LogP contribution in [0.15, 0.2) is 24.3 Å². The molecule has 0 unspecified atom stereocenters. The molecule has 3 nitrogen and oxygen atoms in total. The maximum atomic E-state index is 13.0. The Kier molecular flexibility index (Phi) is 5.48. The quantitative estimate of drug-likeness (QED) is 0.858. The minimum absolute atomic E-state index is 0.0781. The van der Waals surface area contributed by atoms with Crippen LogP contribution in [0.4, 0.5) is 4.39 Å². The van der Waals surface area contributed by atoms with Crippen LogP contribution in [-0.2, 0) is 11.2 Å². The van der Waals surface area contributed by atoms with Gasteiger partial charge in [0.2, 0.25) is 5.91 Å². The van der Waals surface area contributed by atoms with Gasteiger partial charge < -0.3 is 10.6 Å². The lowest BCUT2D eigenvalue weighted by Gasteiger charge is -2.29. The van der Waals surface area contributed by atoms with Crippen molar-refractivity contribution in [1.82, 2.24) is 4.90 Å². The zero-order chi connectivity index (χ0) is 14.5. The highest BCUT2D eigenvalue weighted by Gasteiger charge is 2.29. The average Bonchev–Trinajstić information content (AvgIpc) is 2.35. The molecule has 0 saturated heterocycles. The highest BCUT2D eigenvalue weighted by molar-refractivity contribution is 5.81. The summed E-state index contributed by atoms with van der Waals surface area (Å²) in [5, 5.41) is 0. The van der Waals surface area contributed by atoms with Crippen molar-refractivity contribution in [3.8, 4) is 0 Å². The zero-order valence-electron chi connectivity index (χ0n) is 11.9. The topological polar surface area (TPSA) is 46.3 Å². The van der Waals surface area contributed by atoms with Gasteiger partial charge in [-0.15, -0.1) is 0 Å². The van der Waals surface area contributed by atoms with Gasteiger partial charge in [-0.05, 0) is 37.1 Å². The lowest BCUT2D eigenvalue weighted by molar-refractivity contribution is -0.139. The molecule has 4 heteroatoms. The highest BCUT2D eigenvalue weighted by Crippen LogP contribution is 2.22. The van der Waals surface area contributed by atoms with Gasteiger partial charge in [-0.25, -0.2) is 4.39 Å². The van der Waals surface area contributed by atoms with Gasteiger partial charge in [-0.2, -0.15) is 0 Å². The van der Waals surface area contributed by atoms with Crippen molar-refractivity contribution >= 4 is 5.91 Å². The van der Waals surface area contributed by atoms with Gasteiger partial charge in [-0.1, -0.05) is 26.0 Å². The minimum Gasteiger partial charge on any atom is -0.345 e. The standard InChI is InChI=1S/C15H23FN2O/c1-15(2,8-9-17)14(19)18(3)10-7-12-5-4-6-13(16)11-12/h4-6,11H,7-10,17H2,1-3H3. The lowest BCUT2D eigenvalue weighted by Crippen LogP contribution is -2.40. The second-order valence-corrected chi connectivity index (χ2v) is 5.53. The predicted octanol–water partition coefficient (Wildman–Crippen LogP) is 2.20. The molecule has 0 spiro atoms. The number of carbonyl (C=O) groups is 1. The van der Waals surface area contributed by atoms with Gasteiger partial charge in [0.15, 0.2) is 0 Å². The van der Waals surface area contributed by atoms with E-state index in [9.17, 15) is 9.18 Å². The predicted molar refractivity (Wildman–Crippen MR) is 75.2 cm³/mol. The molecule has 0 aliphatic rings. The first kappa shape index (κ1) is 15.6. The fourth-order valence-corrected chi connectivity index (χ4v) is 2.08. The van der Waals surface area contributed by atoms with Crippen LogP contribution in [0.3, 0.4) is 0 Å². The summed E-state index contributed by atoms with van der Waals surface area (Å²) in [5.74, 6) is -0.163. The van der Waals surface area contributed by atoms with E-state index in [-0.39, 0.29) is 11.7 Å². The molecule has 0 aliphatic heterocycles. The maximum Gasteiger partial charge on any atom is 0.228 e. The molecule has 1 amide bonds. The Balaban J connectivity index is 2.55. The molecular formula is C15H23FN2O. The summed E-state index contributed by atoms with van der Waals surface area (Å²) in [4.78, 5) is 13.9. The summed E-state index contributed by atoms with van der Waals surface area (Å²) in [6.45, 7) is 4.88. The van der Waals surface area contributed by atoms with Gasteiger partial charge in [0.05, 0.1) is 0 Å². The number of carbonyl (C=O) groups excluding carboxylic acids is 1. The third-order valence-electron chi connectivity index (χ3n) is 3.32. The molecule has 19 heavy (non-hydrogen) atoms. The number of likely N-dealkylation sites (N-methyl/N-ethyl adjacent to an activating group) is 1. The average molecular weight is 266 g/mol. The Labute approximate surface area is 114 Å². The molecule has 1 aromatic rings. The fraction of sp³-hybridized carbons (Fsp3) is 0.533. The third kappa shape index (κ3) is 4.63. The third-order valence-corrected chi connectivity index (χ3v) is 3.32. The fourth-order valence-electron chi connectivity index (χ4n) is 2.08. The lowest BCUT2D eigenvalue weighted by atomic mass is 9.87. The van der Waals surface area contributed by atoms with Crippen molar-refractivity contribution in [3.63, 3.8) is 0 Å². The van der Waals surface area contributed by atoms with Gasteiger partial charge in [0.25, 0.3) is 0 Å². The van der Waals surface area contributed by atoms with E-state index in [4.69, 9.17) is 5.73 Å². The molecule has 0 bridgehead atoms. The number of halogens is 1. The molecule has 0 aliphatic carbocycles. The first-order valence-electron chi connectivity index (χ1n) is 6.57. The molecule has 0 fully saturated rings. The molecule has 2 N–H and O–H groups in total. The number of rotatable bonds is 6. The van der Waals surface area contributed by atoms with Gasteiger partial charge in [0.1, 0.15) is 5.82 Å². The van der Waals surface area contributed by atoms with Crippen LogP contribution in [0.25, 0.3) is 0 Å². The SMILES string of the molecule is CN(CCc1cccc(F)c1)C(=O)C(C)(C)CCN. The summed E-state index contributed by atoms with van der Waals surface area (Å²) >= 11 is 0. The molecule has 0 saturated carbocycles. The molecule has 0 aromatic heterocycles. The van der Waals surface area contributed by atoms with Gasteiger partial charge in [-0.3, -0.25) is 4.79 Å². The number of nitrogens with zero attached hydrogens (tertiary/aromatic N) is 1. The van der Waals surface area contributed by atoms with Crippen LogP contribution < -0.4 is 5.73 Å². The zero-order valence-corrected chi connectivity index (χ0v) is 11.9. The van der Waals surface area contributed by atoms with E-state index in [0.717, 1.165) is 5.56 Å². The van der Waals surface area contributed by atoms with E-state index >= 15 is 0 Å². The van der Waals surface area contributed by atoms with E-state index < -0.39 is 5.41 Å². The van der Waals surface area contributed by atoms with E-state index in [1.807, 2.05) is 19.9 Å². The van der Waals surface area contributed by atoms with Crippen LogP contribution in [0.2, 0.25) is 0 Å². The Bertz CT molecular complexity index is 432. The summed E-state index contributed by atoms with van der Waals surface area (Å²) in [6, 6.07) is 6.48. The van der Waals surface area contributed by atoms with Crippen LogP contribution >= 0.6 is 0 Å². The summed E-state index contributed by atoms with van der Waals surface area (Å²) in [7, 11) is 1.78. The Morgan fingerprint density at radius 1 is 1.42 bits per heavy atom. The molecule has 0 atom stereocenters. The number of nitrogens with two attached hydrogens (primary N) is 1. The van der Waals surface area contributed by atoms with Crippen molar-refractivity contribution in [2.75, 3.05) is 20.1 Å². The van der Waals surface area contributed by atoms with E-state index in [1.165, 1.54) is 12.1 Å². The first-order valence-corrected chi connectivity index (χ1v) is 6.57. The number of amides is 1. The van der Waals surface area contributed by atoms with Crippen LogP contribution in [0.5, 0.6) is 0 Å². The number of hydrogen-bond donors (Lipinski definition) is 1. The smallest absolute Gasteiger partial charge is 0.228 e. The molecule has 1 aromatic carbocycles. The van der Waals surface area contributed by atoms with E-state index in [0.29, 0.717) is 25.9 Å². The minimum atomic E-state index is -0.439. The molecule has 0 heterocycles. The monoisotopic (exact) mass is 266 g/mol. The highest BCUT2D eigenvalue weighted by atomic mass is 19.1. The van der Waals surface area contributed by atoms with Crippen molar-refractivity contribution in [2.45, 2.75) is 26.7 Å². The van der Waals surface area contributed by atoms with Crippen LogP contribution in [0, 0.1) is 11.2 Å². The van der Waals surface area contributed by atoms with Crippen molar-refractivity contribution in [3.05, 3.63) is 35.6 Å². The summed E-state index contributed by atoms with van der Waals surface area (Å²) < 4.78 is 13.0. The maximum absolute atomic E-state index is 13.0. The summed E-state index contributed by atoms with van der Waals surface area (Å²) in [5.41, 5.74) is 5.98. The van der Waals surface area contributed by atoms with E-state index in [1.54, 1.807) is 18.0 Å². The van der Waals surface area contributed by atoms with E-state index in [2.05, 4.69) is 0 Å². The Morgan fingerprint density at radius 3 is 2.68 bits per heavy atom. The molecule has 1 rings (SSSR count). The second kappa shape index (κ2) is 6.66. The van der Waals surface area contributed by atoms with Gasteiger partial charge in [0, 0.05) is 19.0 Å². The molecule has 0 radical (unpaired) electrons. The van der Waals surface area contributed by atoms with Gasteiger partial charge >= 0.3 is 0 Å². The molecular weight excluding hydrogens is 243 g/mol. The van der Waals surface area contributed by atoms with Crippen LogP contribution in [-0.4, -0.2) is 30.9 Å². The molecule has 106 valence electrons. The van der Waals surface area contributed by atoms with Crippen molar-refractivity contribution in [2.24, 2.45) is 11.1 Å². The largest absolute Gasteiger partial charge is 0.345 e. The second-order valence-electron chi connectivity index (χ2n) is 5.53. The number of hydrogen-bond acceptors (Lipinski definition) is 2. The first-order chi connectivity index (χ1) is 8.86. The Hall–Kier alpha value is -1.42. The normalized spacial score (nSPS) is 11.4. The Morgan fingerprint density at radius 2 is 2.11 bits per heavy atom. The van der Waals surface area contributed by atoms with Crippen molar-refractivity contribution in [1.29, 1.82) is 0 Å². The number of benzene rings is 1. The van der Waals surface area contributed by atoms with Crippen LogP contribution in [0.1, 0.15) is 25.8 Å². The van der Waals surface area contributed by atoms with Crippen molar-refractivity contribution < 1.29 is 9.18 Å². The summed E-state index contributed by atoms with van der Waals surface area (Å²) in [6.07, 6.45) is 1.31.